The molecule has 100 valence electrons. The Hall–Kier alpha value is -1.36. The topological polar surface area (TPSA) is 56.3 Å². The highest BCUT2D eigenvalue weighted by molar-refractivity contribution is 5.12. The quantitative estimate of drug-likeness (QED) is 0.833. The van der Waals surface area contributed by atoms with Crippen LogP contribution < -0.4 is 14.8 Å². The predicted molar refractivity (Wildman–Crippen MR) is 68.9 cm³/mol. The van der Waals surface area contributed by atoms with Crippen molar-refractivity contribution in [3.05, 3.63) is 12.4 Å². The Morgan fingerprint density at radius 1 is 1.22 bits per heavy atom. The van der Waals surface area contributed by atoms with E-state index in [1.54, 1.807) is 12.4 Å². The zero-order chi connectivity index (χ0) is 12.6. The molecule has 18 heavy (non-hydrogen) atoms. The summed E-state index contributed by atoms with van der Waals surface area (Å²) in [5.74, 6) is 1.72. The van der Waals surface area contributed by atoms with Crippen LogP contribution in [0.3, 0.4) is 0 Å². The summed E-state index contributed by atoms with van der Waals surface area (Å²) in [5.41, 5.74) is 0. The summed E-state index contributed by atoms with van der Waals surface area (Å²) in [6.07, 6.45) is 6.55. The average Bonchev–Trinajstić information content (AvgIpc) is 2.44. The van der Waals surface area contributed by atoms with Crippen LogP contribution in [-0.2, 0) is 0 Å². The van der Waals surface area contributed by atoms with Crippen molar-refractivity contribution in [1.82, 2.24) is 15.3 Å². The minimum atomic E-state index is 0.541. The minimum Gasteiger partial charge on any atom is -0.477 e. The molecule has 0 radical (unpaired) electrons. The predicted octanol–water partition coefficient (Wildman–Crippen LogP) is 1.64. The number of piperidine rings is 1. The molecule has 5 nitrogen and oxygen atoms in total. The molecule has 0 bridgehead atoms. The van der Waals surface area contributed by atoms with Gasteiger partial charge in [0.2, 0.25) is 11.8 Å². The van der Waals surface area contributed by atoms with Crippen molar-refractivity contribution in [1.29, 1.82) is 0 Å². The molecule has 1 fully saturated rings. The third kappa shape index (κ3) is 4.14. The summed E-state index contributed by atoms with van der Waals surface area (Å²) in [6.45, 7) is 5.60. The SMILES string of the molecule is CCCOc1cncc(OCC2CCNCC2)n1. The molecule has 1 aliphatic heterocycles. The van der Waals surface area contributed by atoms with Gasteiger partial charge in [-0.05, 0) is 38.3 Å². The third-order valence-corrected chi connectivity index (χ3v) is 2.97. The summed E-state index contributed by atoms with van der Waals surface area (Å²) < 4.78 is 11.1. The fraction of sp³-hybridized carbons (Fsp3) is 0.692. The van der Waals surface area contributed by atoms with Crippen LogP contribution in [0.4, 0.5) is 0 Å². The van der Waals surface area contributed by atoms with Gasteiger partial charge in [0.25, 0.3) is 0 Å². The number of aromatic nitrogens is 2. The van der Waals surface area contributed by atoms with E-state index in [2.05, 4.69) is 22.2 Å². The molecule has 1 saturated heterocycles. The van der Waals surface area contributed by atoms with Crippen molar-refractivity contribution in [2.45, 2.75) is 26.2 Å². The van der Waals surface area contributed by atoms with Crippen molar-refractivity contribution in [3.8, 4) is 11.8 Å². The molecule has 0 aromatic carbocycles. The molecule has 2 heterocycles. The minimum absolute atomic E-state index is 0.541. The van der Waals surface area contributed by atoms with Crippen molar-refractivity contribution >= 4 is 0 Å². The first-order chi connectivity index (χ1) is 8.88. The van der Waals surface area contributed by atoms with Crippen molar-refractivity contribution < 1.29 is 9.47 Å². The van der Waals surface area contributed by atoms with Gasteiger partial charge in [-0.2, -0.15) is 4.98 Å². The molecule has 0 aliphatic carbocycles. The first kappa shape index (κ1) is 13.1. The molecule has 0 spiro atoms. The smallest absolute Gasteiger partial charge is 0.235 e. The van der Waals surface area contributed by atoms with Crippen LogP contribution in [0, 0.1) is 5.92 Å². The Kier molecular flexibility index (Phi) is 5.20. The van der Waals surface area contributed by atoms with Gasteiger partial charge in [0.15, 0.2) is 0 Å². The number of rotatable bonds is 6. The third-order valence-electron chi connectivity index (χ3n) is 2.97. The molecule has 1 aliphatic rings. The molecule has 1 aromatic rings. The molecule has 0 atom stereocenters. The number of nitrogens with zero attached hydrogens (tertiary/aromatic N) is 2. The standard InChI is InChI=1S/C13H21N3O2/c1-2-7-17-12-8-15-9-13(16-12)18-10-11-3-5-14-6-4-11/h8-9,11,14H,2-7,10H2,1H3. The Labute approximate surface area is 108 Å². The largest absolute Gasteiger partial charge is 0.477 e. The van der Waals surface area contributed by atoms with Gasteiger partial charge in [-0.3, -0.25) is 4.98 Å². The highest BCUT2D eigenvalue weighted by Gasteiger charge is 2.14. The maximum atomic E-state index is 5.68. The van der Waals surface area contributed by atoms with Gasteiger partial charge in [-0.25, -0.2) is 0 Å². The molecule has 5 heteroatoms. The fourth-order valence-electron chi connectivity index (χ4n) is 1.93. The zero-order valence-corrected chi connectivity index (χ0v) is 10.9. The molecular formula is C13H21N3O2. The molecule has 0 unspecified atom stereocenters. The number of hydrogen-bond acceptors (Lipinski definition) is 5. The summed E-state index contributed by atoms with van der Waals surface area (Å²) in [7, 11) is 0. The van der Waals surface area contributed by atoms with E-state index in [1.165, 1.54) is 12.8 Å². The van der Waals surface area contributed by atoms with Crippen LogP contribution in [0.1, 0.15) is 26.2 Å². The first-order valence-corrected chi connectivity index (χ1v) is 6.67. The van der Waals surface area contributed by atoms with Gasteiger partial charge in [0, 0.05) is 0 Å². The fourth-order valence-corrected chi connectivity index (χ4v) is 1.93. The molecule has 1 N–H and O–H groups in total. The number of ether oxygens (including phenoxy) is 2. The molecular weight excluding hydrogens is 230 g/mol. The lowest BCUT2D eigenvalue weighted by Gasteiger charge is -2.22. The Bertz CT molecular complexity index is 354. The van der Waals surface area contributed by atoms with Crippen molar-refractivity contribution in [2.75, 3.05) is 26.3 Å². The van der Waals surface area contributed by atoms with Crippen LogP contribution in [0.2, 0.25) is 0 Å². The molecule has 2 rings (SSSR count). The Morgan fingerprint density at radius 2 is 1.94 bits per heavy atom. The van der Waals surface area contributed by atoms with E-state index in [0.29, 0.717) is 30.9 Å². The van der Waals surface area contributed by atoms with Crippen LogP contribution in [0.25, 0.3) is 0 Å². The molecule has 0 amide bonds. The average molecular weight is 251 g/mol. The van der Waals surface area contributed by atoms with Gasteiger partial charge in [0.05, 0.1) is 25.6 Å². The summed E-state index contributed by atoms with van der Waals surface area (Å²) in [5, 5.41) is 3.34. The van der Waals surface area contributed by atoms with Gasteiger partial charge in [0.1, 0.15) is 0 Å². The first-order valence-electron chi connectivity index (χ1n) is 6.67. The maximum Gasteiger partial charge on any atom is 0.235 e. The van der Waals surface area contributed by atoms with E-state index in [9.17, 15) is 0 Å². The second-order valence-electron chi connectivity index (χ2n) is 4.55. The molecule has 0 saturated carbocycles. The lowest BCUT2D eigenvalue weighted by atomic mass is 9.99. The van der Waals surface area contributed by atoms with Crippen LogP contribution in [0.15, 0.2) is 12.4 Å². The second-order valence-corrected chi connectivity index (χ2v) is 4.55. The normalized spacial score (nSPS) is 16.5. The Morgan fingerprint density at radius 3 is 2.67 bits per heavy atom. The van der Waals surface area contributed by atoms with E-state index in [-0.39, 0.29) is 0 Å². The maximum absolute atomic E-state index is 5.68. The van der Waals surface area contributed by atoms with Crippen molar-refractivity contribution in [3.63, 3.8) is 0 Å². The zero-order valence-electron chi connectivity index (χ0n) is 10.9. The summed E-state index contributed by atoms with van der Waals surface area (Å²) >= 11 is 0. The lowest BCUT2D eigenvalue weighted by Crippen LogP contribution is -2.30. The van der Waals surface area contributed by atoms with Crippen LogP contribution in [-0.4, -0.2) is 36.3 Å². The Balaban J connectivity index is 1.80. The van der Waals surface area contributed by atoms with Crippen molar-refractivity contribution in [2.24, 2.45) is 5.92 Å². The lowest BCUT2D eigenvalue weighted by molar-refractivity contribution is 0.204. The highest BCUT2D eigenvalue weighted by atomic mass is 16.5. The van der Waals surface area contributed by atoms with E-state index in [0.717, 1.165) is 19.5 Å². The van der Waals surface area contributed by atoms with Gasteiger partial charge in [-0.1, -0.05) is 6.92 Å². The highest BCUT2D eigenvalue weighted by Crippen LogP contribution is 2.16. The van der Waals surface area contributed by atoms with Crippen LogP contribution >= 0.6 is 0 Å². The molecule has 1 aromatic heterocycles. The van der Waals surface area contributed by atoms with Gasteiger partial charge < -0.3 is 14.8 Å². The number of nitrogens with one attached hydrogen (secondary N) is 1. The van der Waals surface area contributed by atoms with E-state index in [4.69, 9.17) is 9.47 Å². The van der Waals surface area contributed by atoms with Crippen LogP contribution in [0.5, 0.6) is 11.8 Å². The summed E-state index contributed by atoms with van der Waals surface area (Å²) in [6, 6.07) is 0. The van der Waals surface area contributed by atoms with E-state index in [1.807, 2.05) is 0 Å². The van der Waals surface area contributed by atoms with E-state index >= 15 is 0 Å². The summed E-state index contributed by atoms with van der Waals surface area (Å²) in [4.78, 5) is 8.35. The second kappa shape index (κ2) is 7.16. The van der Waals surface area contributed by atoms with E-state index < -0.39 is 0 Å². The number of hydrogen-bond donors (Lipinski definition) is 1. The van der Waals surface area contributed by atoms with Gasteiger partial charge >= 0.3 is 0 Å². The monoisotopic (exact) mass is 251 g/mol. The van der Waals surface area contributed by atoms with Gasteiger partial charge in [-0.15, -0.1) is 0 Å².